The van der Waals surface area contributed by atoms with Crippen LogP contribution in [0.4, 0.5) is 0 Å². The normalized spacial score (nSPS) is 11.4. The third-order valence-electron chi connectivity index (χ3n) is 4.99. The van der Waals surface area contributed by atoms with Crippen LogP contribution in [0.5, 0.6) is 0 Å². The van der Waals surface area contributed by atoms with Gasteiger partial charge in [0.25, 0.3) is 0 Å². The van der Waals surface area contributed by atoms with Gasteiger partial charge in [-0.3, -0.25) is 4.79 Å². The molecule has 0 radical (unpaired) electrons. The summed E-state index contributed by atoms with van der Waals surface area (Å²) >= 11 is 1.70. The molecule has 29 heavy (non-hydrogen) atoms. The van der Waals surface area contributed by atoms with E-state index in [-0.39, 0.29) is 5.97 Å². The third-order valence-corrected chi connectivity index (χ3v) is 6.05. The molecule has 5 nitrogen and oxygen atoms in total. The number of para-hydroxylation sites is 3. The fraction of sp³-hybridized carbons (Fsp3) is 0.304. The number of carbonyl (C=O) groups excluding carboxylic acids is 1. The highest BCUT2D eigenvalue weighted by Gasteiger charge is 2.14. The van der Waals surface area contributed by atoms with Gasteiger partial charge < -0.3 is 13.9 Å². The van der Waals surface area contributed by atoms with E-state index in [1.165, 1.54) is 16.5 Å². The summed E-state index contributed by atoms with van der Waals surface area (Å²) in [4.78, 5) is 16.4. The Morgan fingerprint density at radius 1 is 1.10 bits per heavy atom. The van der Waals surface area contributed by atoms with Crippen molar-refractivity contribution in [2.75, 3.05) is 12.4 Å². The third kappa shape index (κ3) is 4.17. The van der Waals surface area contributed by atoms with Gasteiger partial charge in [-0.25, -0.2) is 4.98 Å². The number of fused-ring (bicyclic) bond motifs is 2. The molecule has 4 aromatic rings. The maximum atomic E-state index is 11.6. The van der Waals surface area contributed by atoms with Crippen LogP contribution < -0.4 is 0 Å². The summed E-state index contributed by atoms with van der Waals surface area (Å²) < 4.78 is 9.48. The number of ether oxygens (including phenoxy) is 1. The number of hydrogen-bond acceptors (Lipinski definition) is 4. The quantitative estimate of drug-likeness (QED) is 0.234. The first-order valence-electron chi connectivity index (χ1n) is 9.94. The Bertz CT molecular complexity index is 1150. The SMILES string of the molecule is CCOC(=O)CCCSc1nc2ccccc2n1Cc1cn(C)c2ccccc12. The molecule has 150 valence electrons. The van der Waals surface area contributed by atoms with Crippen molar-refractivity contribution in [3.63, 3.8) is 0 Å². The predicted molar refractivity (Wildman–Crippen MR) is 118 cm³/mol. The van der Waals surface area contributed by atoms with Crippen LogP contribution in [0.1, 0.15) is 25.3 Å². The summed E-state index contributed by atoms with van der Waals surface area (Å²) in [5.41, 5.74) is 4.64. The molecule has 0 aliphatic carbocycles. The standard InChI is InChI=1S/C23H25N3O2S/c1-3-28-22(27)13-8-14-29-23-24-19-10-5-7-12-21(19)26(23)16-17-15-25(2)20-11-6-4-9-18(17)20/h4-7,9-12,15H,3,8,13-14,16H2,1-2H3. The van der Waals surface area contributed by atoms with Crippen molar-refractivity contribution in [3.05, 3.63) is 60.3 Å². The Balaban J connectivity index is 1.59. The minimum Gasteiger partial charge on any atom is -0.466 e. The first-order valence-corrected chi connectivity index (χ1v) is 10.9. The van der Waals surface area contributed by atoms with Crippen LogP contribution in [0.25, 0.3) is 21.9 Å². The van der Waals surface area contributed by atoms with Crippen LogP contribution in [0.3, 0.4) is 0 Å². The molecule has 2 aromatic heterocycles. The van der Waals surface area contributed by atoms with Crippen molar-refractivity contribution in [2.24, 2.45) is 7.05 Å². The Kier molecular flexibility index (Phi) is 5.90. The van der Waals surface area contributed by atoms with Gasteiger partial charge in [0.2, 0.25) is 0 Å². The molecule has 0 spiro atoms. The maximum Gasteiger partial charge on any atom is 0.305 e. The van der Waals surface area contributed by atoms with Gasteiger partial charge >= 0.3 is 5.97 Å². The molecule has 0 aliphatic heterocycles. The minimum absolute atomic E-state index is 0.127. The van der Waals surface area contributed by atoms with Crippen LogP contribution in [0.15, 0.2) is 59.9 Å². The van der Waals surface area contributed by atoms with E-state index in [9.17, 15) is 4.79 Å². The zero-order valence-corrected chi connectivity index (χ0v) is 17.6. The molecule has 0 fully saturated rings. The van der Waals surface area contributed by atoms with Crippen molar-refractivity contribution in [2.45, 2.75) is 31.5 Å². The first-order chi connectivity index (χ1) is 14.2. The van der Waals surface area contributed by atoms with Crippen molar-refractivity contribution in [1.82, 2.24) is 14.1 Å². The van der Waals surface area contributed by atoms with Crippen LogP contribution >= 0.6 is 11.8 Å². The average molecular weight is 408 g/mol. The van der Waals surface area contributed by atoms with E-state index in [0.717, 1.165) is 34.9 Å². The summed E-state index contributed by atoms with van der Waals surface area (Å²) in [5.74, 6) is 0.704. The smallest absolute Gasteiger partial charge is 0.305 e. The number of nitrogens with zero attached hydrogens (tertiary/aromatic N) is 3. The van der Waals surface area contributed by atoms with E-state index in [1.54, 1.807) is 11.8 Å². The number of imidazole rings is 1. The second-order valence-electron chi connectivity index (χ2n) is 7.01. The fourth-order valence-corrected chi connectivity index (χ4v) is 4.60. The molecule has 0 atom stereocenters. The van der Waals surface area contributed by atoms with E-state index in [0.29, 0.717) is 13.0 Å². The molecule has 6 heteroatoms. The molecule has 0 saturated carbocycles. The molecule has 4 rings (SSSR count). The van der Waals surface area contributed by atoms with Crippen molar-refractivity contribution in [1.29, 1.82) is 0 Å². The van der Waals surface area contributed by atoms with E-state index in [1.807, 2.05) is 13.0 Å². The molecule has 0 aliphatic rings. The lowest BCUT2D eigenvalue weighted by atomic mass is 10.2. The molecule has 0 saturated heterocycles. The van der Waals surface area contributed by atoms with Gasteiger partial charge in [-0.15, -0.1) is 0 Å². The second kappa shape index (κ2) is 8.74. The van der Waals surface area contributed by atoms with Gasteiger partial charge in [-0.1, -0.05) is 42.1 Å². The Hall–Kier alpha value is -2.73. The monoisotopic (exact) mass is 407 g/mol. The predicted octanol–water partition coefficient (Wildman–Crippen LogP) is 5.01. The highest BCUT2D eigenvalue weighted by molar-refractivity contribution is 7.99. The highest BCUT2D eigenvalue weighted by Crippen LogP contribution is 2.28. The van der Waals surface area contributed by atoms with Crippen LogP contribution in [0, 0.1) is 0 Å². The van der Waals surface area contributed by atoms with Gasteiger partial charge in [0, 0.05) is 36.3 Å². The summed E-state index contributed by atoms with van der Waals surface area (Å²) in [6.45, 7) is 3.04. The summed E-state index contributed by atoms with van der Waals surface area (Å²) in [6.07, 6.45) is 3.43. The maximum absolute atomic E-state index is 11.6. The lowest BCUT2D eigenvalue weighted by molar-refractivity contribution is -0.143. The topological polar surface area (TPSA) is 49.0 Å². The second-order valence-corrected chi connectivity index (χ2v) is 8.07. The van der Waals surface area contributed by atoms with Crippen LogP contribution in [-0.4, -0.2) is 32.4 Å². The molecule has 0 bridgehead atoms. The van der Waals surface area contributed by atoms with Gasteiger partial charge in [-0.05, 0) is 37.1 Å². The molecule has 2 aromatic carbocycles. The van der Waals surface area contributed by atoms with Crippen molar-refractivity contribution < 1.29 is 9.53 Å². The Morgan fingerprint density at radius 2 is 1.86 bits per heavy atom. The zero-order chi connectivity index (χ0) is 20.2. The number of hydrogen-bond donors (Lipinski definition) is 0. The number of thioether (sulfide) groups is 1. The van der Waals surface area contributed by atoms with Crippen molar-refractivity contribution >= 4 is 39.7 Å². The minimum atomic E-state index is -0.127. The lowest BCUT2D eigenvalue weighted by Gasteiger charge is -2.09. The number of aryl methyl sites for hydroxylation is 1. The molecule has 0 amide bonds. The summed E-state index contributed by atoms with van der Waals surface area (Å²) in [6, 6.07) is 16.7. The lowest BCUT2D eigenvalue weighted by Crippen LogP contribution is -2.04. The molecule has 0 unspecified atom stereocenters. The molecular weight excluding hydrogens is 382 g/mol. The molecule has 2 heterocycles. The number of carbonyl (C=O) groups is 1. The Morgan fingerprint density at radius 3 is 2.69 bits per heavy atom. The van der Waals surface area contributed by atoms with Crippen LogP contribution in [0.2, 0.25) is 0 Å². The fourth-order valence-electron chi connectivity index (χ4n) is 3.65. The zero-order valence-electron chi connectivity index (χ0n) is 16.8. The largest absolute Gasteiger partial charge is 0.466 e. The van der Waals surface area contributed by atoms with E-state index in [4.69, 9.17) is 9.72 Å². The summed E-state index contributed by atoms with van der Waals surface area (Å²) in [7, 11) is 2.09. The van der Waals surface area contributed by atoms with Gasteiger partial charge in [0.05, 0.1) is 24.2 Å². The summed E-state index contributed by atoms with van der Waals surface area (Å²) in [5, 5.41) is 2.26. The van der Waals surface area contributed by atoms with E-state index >= 15 is 0 Å². The van der Waals surface area contributed by atoms with Crippen LogP contribution in [-0.2, 0) is 23.1 Å². The number of benzene rings is 2. The van der Waals surface area contributed by atoms with Gasteiger partial charge in [0.1, 0.15) is 0 Å². The average Bonchev–Trinajstić information content (AvgIpc) is 3.24. The molecule has 0 N–H and O–H groups in total. The Labute approximate surface area is 174 Å². The van der Waals surface area contributed by atoms with E-state index < -0.39 is 0 Å². The van der Waals surface area contributed by atoms with Gasteiger partial charge in [0.15, 0.2) is 5.16 Å². The number of esters is 1. The molecular formula is C23H25N3O2S. The number of rotatable bonds is 8. The number of aromatic nitrogens is 3. The van der Waals surface area contributed by atoms with E-state index in [2.05, 4.69) is 64.8 Å². The highest BCUT2D eigenvalue weighted by atomic mass is 32.2. The first kappa shape index (κ1) is 19.6. The van der Waals surface area contributed by atoms with Crippen molar-refractivity contribution in [3.8, 4) is 0 Å². The van der Waals surface area contributed by atoms with Gasteiger partial charge in [-0.2, -0.15) is 0 Å².